The quantitative estimate of drug-likeness (QED) is 0.734. The largest absolute Gasteiger partial charge is 0.455 e. The molecule has 2 atom stereocenters. The van der Waals surface area contributed by atoms with Gasteiger partial charge in [-0.1, -0.05) is 24.3 Å². The van der Waals surface area contributed by atoms with Gasteiger partial charge in [0.05, 0.1) is 12.6 Å². The molecule has 0 aromatic heterocycles. The van der Waals surface area contributed by atoms with Gasteiger partial charge >= 0.3 is 0 Å². The van der Waals surface area contributed by atoms with Crippen LogP contribution in [0.15, 0.2) is 47.5 Å². The van der Waals surface area contributed by atoms with E-state index >= 15 is 0 Å². The molecule has 5 rings (SSSR count). The number of piperidine rings is 1. The number of rotatable bonds is 1. The Morgan fingerprint density at radius 3 is 2.69 bits per heavy atom. The van der Waals surface area contributed by atoms with Crippen molar-refractivity contribution in [3.8, 4) is 0 Å². The van der Waals surface area contributed by atoms with E-state index in [2.05, 4.69) is 22.9 Å². The molecule has 1 fully saturated rings. The third kappa shape index (κ3) is 3.39. The van der Waals surface area contributed by atoms with Crippen LogP contribution >= 0.6 is 0 Å². The molecule has 2 aromatic rings. The summed E-state index contributed by atoms with van der Waals surface area (Å²) in [6, 6.07) is 12.1. The normalized spacial score (nSPS) is 26.9. The van der Waals surface area contributed by atoms with E-state index in [0.717, 1.165) is 44.0 Å². The van der Waals surface area contributed by atoms with E-state index in [1.807, 2.05) is 18.2 Å². The van der Waals surface area contributed by atoms with Crippen molar-refractivity contribution in [3.63, 3.8) is 0 Å². The van der Waals surface area contributed by atoms with Crippen LogP contribution in [0, 0.1) is 11.6 Å². The van der Waals surface area contributed by atoms with Crippen LogP contribution in [-0.2, 0) is 11.2 Å². The Balaban J connectivity index is 1.52. The highest BCUT2D eigenvalue weighted by Crippen LogP contribution is 2.39. The van der Waals surface area contributed by atoms with Crippen molar-refractivity contribution in [1.82, 2.24) is 9.80 Å². The maximum Gasteiger partial charge on any atom is 0.288 e. The number of hydrogen-bond acceptors (Lipinski definition) is 4. The van der Waals surface area contributed by atoms with Gasteiger partial charge in [-0.25, -0.2) is 13.8 Å². The fourth-order valence-electron chi connectivity index (χ4n) is 5.02. The molecule has 29 heavy (non-hydrogen) atoms. The molecule has 3 aliphatic rings. The smallest absolute Gasteiger partial charge is 0.288 e. The summed E-state index contributed by atoms with van der Waals surface area (Å²) in [5.74, 6) is -1.13. The second-order valence-corrected chi connectivity index (χ2v) is 8.47. The number of likely N-dealkylation sites (N-methyl/N-ethyl adjacent to an activating group) is 1. The van der Waals surface area contributed by atoms with Crippen LogP contribution in [0.25, 0.3) is 0 Å². The van der Waals surface area contributed by atoms with Gasteiger partial charge in [-0.15, -0.1) is 0 Å². The second kappa shape index (κ2) is 7.10. The van der Waals surface area contributed by atoms with E-state index in [1.165, 1.54) is 17.7 Å². The molecule has 0 amide bonds. The minimum atomic E-state index is -0.567. The SMILES string of the molecule is CN1CCC[C@@]2(CN=C(N3CCc4ccccc4[C@@H]3c3cc(F)cc(F)c3)O2)C1. The van der Waals surface area contributed by atoms with Crippen molar-refractivity contribution in [2.75, 3.05) is 33.2 Å². The maximum absolute atomic E-state index is 14.1. The monoisotopic (exact) mass is 397 g/mol. The average molecular weight is 397 g/mol. The predicted octanol–water partition coefficient (Wildman–Crippen LogP) is 3.76. The zero-order valence-corrected chi connectivity index (χ0v) is 16.6. The molecule has 3 heterocycles. The molecule has 0 radical (unpaired) electrons. The molecule has 1 saturated heterocycles. The molecule has 152 valence electrons. The molecule has 2 aromatic carbocycles. The molecule has 0 N–H and O–H groups in total. The highest BCUT2D eigenvalue weighted by atomic mass is 19.1. The number of fused-ring (bicyclic) bond motifs is 1. The van der Waals surface area contributed by atoms with E-state index in [1.54, 1.807) is 0 Å². The number of aliphatic imine (C=N–C) groups is 1. The average Bonchev–Trinajstić information content (AvgIpc) is 3.09. The van der Waals surface area contributed by atoms with E-state index in [4.69, 9.17) is 9.73 Å². The Morgan fingerprint density at radius 1 is 1.10 bits per heavy atom. The molecule has 1 spiro atoms. The standard InChI is InChI=1S/C23H25F2N3O/c1-27-9-4-8-23(15-27)14-26-22(29-23)28-10-7-16-5-2-3-6-20(16)21(28)17-11-18(24)13-19(25)12-17/h2-3,5-6,11-13,21H,4,7-10,14-15H2,1H3/t21-,23+/m0/s1. The predicted molar refractivity (Wildman–Crippen MR) is 108 cm³/mol. The van der Waals surface area contributed by atoms with Crippen molar-refractivity contribution in [1.29, 1.82) is 0 Å². The molecule has 0 aliphatic carbocycles. The van der Waals surface area contributed by atoms with Crippen LogP contribution in [0.5, 0.6) is 0 Å². The summed E-state index contributed by atoms with van der Waals surface area (Å²) in [6.45, 7) is 3.26. The van der Waals surface area contributed by atoms with Gasteiger partial charge in [-0.3, -0.25) is 0 Å². The van der Waals surface area contributed by atoms with Gasteiger partial charge in [-0.2, -0.15) is 0 Å². The third-order valence-electron chi connectivity index (χ3n) is 6.27. The van der Waals surface area contributed by atoms with Gasteiger partial charge < -0.3 is 14.5 Å². The second-order valence-electron chi connectivity index (χ2n) is 8.47. The molecule has 6 heteroatoms. The first-order chi connectivity index (χ1) is 14.0. The highest BCUT2D eigenvalue weighted by molar-refractivity contribution is 5.78. The van der Waals surface area contributed by atoms with Crippen molar-refractivity contribution in [2.45, 2.75) is 30.9 Å². The first kappa shape index (κ1) is 18.6. The Hall–Kier alpha value is -2.47. The molecule has 0 bridgehead atoms. The van der Waals surface area contributed by atoms with Gasteiger partial charge in [0.1, 0.15) is 17.2 Å². The van der Waals surface area contributed by atoms with Crippen LogP contribution in [0.3, 0.4) is 0 Å². The van der Waals surface area contributed by atoms with Crippen molar-refractivity contribution < 1.29 is 13.5 Å². The van der Waals surface area contributed by atoms with Crippen molar-refractivity contribution in [2.24, 2.45) is 4.99 Å². The van der Waals surface area contributed by atoms with E-state index in [-0.39, 0.29) is 11.6 Å². The maximum atomic E-state index is 14.1. The first-order valence-corrected chi connectivity index (χ1v) is 10.3. The Morgan fingerprint density at radius 2 is 1.90 bits per heavy atom. The van der Waals surface area contributed by atoms with Crippen molar-refractivity contribution in [3.05, 3.63) is 70.8 Å². The first-order valence-electron chi connectivity index (χ1n) is 10.3. The summed E-state index contributed by atoms with van der Waals surface area (Å²) >= 11 is 0. The van der Waals surface area contributed by atoms with Crippen LogP contribution in [0.1, 0.15) is 35.6 Å². The van der Waals surface area contributed by atoms with Gasteiger partial charge in [0.15, 0.2) is 0 Å². The molecule has 3 aliphatic heterocycles. The third-order valence-corrected chi connectivity index (χ3v) is 6.27. The fraction of sp³-hybridized carbons (Fsp3) is 0.435. The zero-order valence-electron chi connectivity index (χ0n) is 16.6. The summed E-state index contributed by atoms with van der Waals surface area (Å²) in [4.78, 5) is 9.14. The summed E-state index contributed by atoms with van der Waals surface area (Å²) in [5.41, 5.74) is 2.56. The zero-order chi connectivity index (χ0) is 20.0. The van der Waals surface area contributed by atoms with E-state index in [0.29, 0.717) is 24.7 Å². The molecular formula is C23H25F2N3O. The number of amidine groups is 1. The number of benzene rings is 2. The fourth-order valence-corrected chi connectivity index (χ4v) is 5.02. The lowest BCUT2D eigenvalue weighted by Gasteiger charge is -2.41. The number of hydrogen-bond donors (Lipinski definition) is 0. The van der Waals surface area contributed by atoms with Gasteiger partial charge in [0.2, 0.25) is 0 Å². The van der Waals surface area contributed by atoms with E-state index in [9.17, 15) is 8.78 Å². The summed E-state index contributed by atoms with van der Waals surface area (Å²) < 4.78 is 34.6. The van der Waals surface area contributed by atoms with Crippen LogP contribution in [0.4, 0.5) is 8.78 Å². The lowest BCUT2D eigenvalue weighted by atomic mass is 9.88. The van der Waals surface area contributed by atoms with Crippen LogP contribution in [-0.4, -0.2) is 54.6 Å². The van der Waals surface area contributed by atoms with Crippen molar-refractivity contribution >= 4 is 6.02 Å². The number of nitrogens with zero attached hydrogens (tertiary/aromatic N) is 3. The van der Waals surface area contributed by atoms with Gasteiger partial charge in [-0.05, 0) is 61.7 Å². The summed E-state index contributed by atoms with van der Waals surface area (Å²) in [7, 11) is 2.11. The molecular weight excluding hydrogens is 372 g/mol. The topological polar surface area (TPSA) is 28.1 Å². The number of ether oxygens (including phenoxy) is 1. The lowest BCUT2D eigenvalue weighted by Crippen LogP contribution is -2.51. The van der Waals surface area contributed by atoms with Gasteiger partial charge in [0, 0.05) is 19.2 Å². The number of halogens is 2. The summed E-state index contributed by atoms with van der Waals surface area (Å²) in [5, 5.41) is 0. The van der Waals surface area contributed by atoms with Gasteiger partial charge in [0.25, 0.3) is 6.02 Å². The lowest BCUT2D eigenvalue weighted by molar-refractivity contribution is 0.000250. The minimum absolute atomic E-state index is 0.281. The molecule has 0 unspecified atom stereocenters. The van der Waals surface area contributed by atoms with Crippen LogP contribution in [0.2, 0.25) is 0 Å². The Kier molecular flexibility index (Phi) is 4.54. The Labute approximate surface area is 169 Å². The number of likely N-dealkylation sites (tertiary alicyclic amines) is 1. The molecule has 0 saturated carbocycles. The summed E-state index contributed by atoms with van der Waals surface area (Å²) in [6.07, 6.45) is 2.91. The highest BCUT2D eigenvalue weighted by Gasteiger charge is 2.44. The minimum Gasteiger partial charge on any atom is -0.455 e. The molecule has 4 nitrogen and oxygen atoms in total. The van der Waals surface area contributed by atoms with Crippen LogP contribution < -0.4 is 0 Å². The van der Waals surface area contributed by atoms with E-state index < -0.39 is 11.6 Å². The Bertz CT molecular complexity index is 943.